The highest BCUT2D eigenvalue weighted by Gasteiger charge is 2.38. The summed E-state index contributed by atoms with van der Waals surface area (Å²) < 4.78 is 0. The minimum atomic E-state index is 0.597. The number of rotatable bonds is 2. The summed E-state index contributed by atoms with van der Waals surface area (Å²) in [6.45, 7) is 8.02. The van der Waals surface area contributed by atoms with Crippen LogP contribution in [0.4, 0.5) is 0 Å². The minimum absolute atomic E-state index is 0.597. The lowest BCUT2D eigenvalue weighted by Crippen LogP contribution is -2.38. The van der Waals surface area contributed by atoms with E-state index >= 15 is 0 Å². The monoisotopic (exact) mass is 278 g/mol. The molecule has 0 aromatic heterocycles. The van der Waals surface area contributed by atoms with Crippen LogP contribution in [-0.4, -0.2) is 31.1 Å². The summed E-state index contributed by atoms with van der Waals surface area (Å²) in [6, 6.07) is 6.48. The first-order valence-corrected chi connectivity index (χ1v) is 7.73. The number of piperidine rings is 1. The first-order chi connectivity index (χ1) is 9.17. The Bertz CT molecular complexity index is 452. The Kier molecular flexibility index (Phi) is 3.84. The molecule has 1 spiro atoms. The van der Waals surface area contributed by atoms with Gasteiger partial charge in [0.1, 0.15) is 0 Å². The highest BCUT2D eigenvalue weighted by atomic mass is 35.5. The lowest BCUT2D eigenvalue weighted by atomic mass is 9.78. The Morgan fingerprint density at radius 3 is 2.79 bits per heavy atom. The Balaban J connectivity index is 1.63. The number of aryl methyl sites for hydroxylation is 1. The van der Waals surface area contributed by atoms with Gasteiger partial charge in [0.05, 0.1) is 0 Å². The number of hydrogen-bond acceptors (Lipinski definition) is 2. The van der Waals surface area contributed by atoms with E-state index < -0.39 is 0 Å². The van der Waals surface area contributed by atoms with Crippen molar-refractivity contribution in [3.05, 3.63) is 34.3 Å². The molecule has 0 bridgehead atoms. The molecule has 0 amide bonds. The molecule has 104 valence electrons. The van der Waals surface area contributed by atoms with Crippen molar-refractivity contribution in [3.8, 4) is 0 Å². The molecule has 3 rings (SSSR count). The van der Waals surface area contributed by atoms with Crippen LogP contribution in [0.15, 0.2) is 18.2 Å². The second-order valence-corrected chi connectivity index (χ2v) is 6.70. The SMILES string of the molecule is Cc1ccc(CN2CCC3(CCNCC3)C2)cc1Cl. The van der Waals surface area contributed by atoms with Gasteiger partial charge in [-0.15, -0.1) is 0 Å². The van der Waals surface area contributed by atoms with Crippen LogP contribution in [0, 0.1) is 12.3 Å². The molecule has 19 heavy (non-hydrogen) atoms. The fourth-order valence-corrected chi connectivity index (χ4v) is 3.72. The van der Waals surface area contributed by atoms with E-state index in [1.54, 1.807) is 0 Å². The Morgan fingerprint density at radius 2 is 2.05 bits per heavy atom. The molecule has 2 fully saturated rings. The van der Waals surface area contributed by atoms with Crippen LogP contribution < -0.4 is 5.32 Å². The zero-order valence-electron chi connectivity index (χ0n) is 11.7. The van der Waals surface area contributed by atoms with Gasteiger partial charge in [-0.3, -0.25) is 4.90 Å². The van der Waals surface area contributed by atoms with Gasteiger partial charge in [0.2, 0.25) is 0 Å². The van der Waals surface area contributed by atoms with Crippen molar-refractivity contribution in [2.24, 2.45) is 5.41 Å². The summed E-state index contributed by atoms with van der Waals surface area (Å²) in [7, 11) is 0. The molecule has 2 aliphatic heterocycles. The van der Waals surface area contributed by atoms with Crippen LogP contribution in [-0.2, 0) is 6.54 Å². The first kappa shape index (κ1) is 13.4. The summed E-state index contributed by atoms with van der Waals surface area (Å²) in [5, 5.41) is 4.37. The summed E-state index contributed by atoms with van der Waals surface area (Å²) in [6.07, 6.45) is 4.06. The van der Waals surface area contributed by atoms with E-state index in [0.29, 0.717) is 5.41 Å². The van der Waals surface area contributed by atoms with Gasteiger partial charge < -0.3 is 5.32 Å². The van der Waals surface area contributed by atoms with Gasteiger partial charge >= 0.3 is 0 Å². The molecule has 3 heteroatoms. The largest absolute Gasteiger partial charge is 0.317 e. The summed E-state index contributed by atoms with van der Waals surface area (Å²) >= 11 is 6.21. The molecule has 1 N–H and O–H groups in total. The minimum Gasteiger partial charge on any atom is -0.317 e. The number of halogens is 1. The van der Waals surface area contributed by atoms with Crippen molar-refractivity contribution < 1.29 is 0 Å². The van der Waals surface area contributed by atoms with Crippen molar-refractivity contribution >= 4 is 11.6 Å². The van der Waals surface area contributed by atoms with Gasteiger partial charge in [-0.2, -0.15) is 0 Å². The van der Waals surface area contributed by atoms with Crippen LogP contribution in [0.5, 0.6) is 0 Å². The number of likely N-dealkylation sites (tertiary alicyclic amines) is 1. The highest BCUT2D eigenvalue weighted by Crippen LogP contribution is 2.39. The molecule has 1 aromatic carbocycles. The molecule has 2 aliphatic rings. The smallest absolute Gasteiger partial charge is 0.0438 e. The van der Waals surface area contributed by atoms with Crippen LogP contribution in [0.2, 0.25) is 5.02 Å². The lowest BCUT2D eigenvalue weighted by Gasteiger charge is -2.34. The van der Waals surface area contributed by atoms with Crippen molar-refractivity contribution in [2.45, 2.75) is 32.7 Å². The zero-order chi connectivity index (χ0) is 13.3. The molecule has 2 saturated heterocycles. The zero-order valence-corrected chi connectivity index (χ0v) is 12.5. The van der Waals surface area contributed by atoms with Crippen LogP contribution in [0.1, 0.15) is 30.4 Å². The lowest BCUT2D eigenvalue weighted by molar-refractivity contribution is 0.194. The van der Waals surface area contributed by atoms with Crippen molar-refractivity contribution in [1.29, 1.82) is 0 Å². The molecule has 0 aliphatic carbocycles. The second kappa shape index (κ2) is 5.43. The van der Waals surface area contributed by atoms with Gasteiger partial charge in [0.15, 0.2) is 0 Å². The normalized spacial score (nSPS) is 23.1. The molecule has 2 nitrogen and oxygen atoms in total. The van der Waals surface area contributed by atoms with E-state index in [1.807, 2.05) is 0 Å². The predicted octanol–water partition coefficient (Wildman–Crippen LogP) is 3.22. The van der Waals surface area contributed by atoms with Gasteiger partial charge in [-0.1, -0.05) is 23.7 Å². The Labute approximate surface area is 121 Å². The number of hydrogen-bond donors (Lipinski definition) is 1. The second-order valence-electron chi connectivity index (χ2n) is 6.29. The maximum Gasteiger partial charge on any atom is 0.0438 e. The molecular weight excluding hydrogens is 256 g/mol. The van der Waals surface area contributed by atoms with E-state index in [1.165, 1.54) is 56.6 Å². The highest BCUT2D eigenvalue weighted by molar-refractivity contribution is 6.31. The molecule has 2 heterocycles. The Morgan fingerprint density at radius 1 is 1.26 bits per heavy atom. The summed E-state index contributed by atoms with van der Waals surface area (Å²) in [5.74, 6) is 0. The summed E-state index contributed by atoms with van der Waals surface area (Å²) in [4.78, 5) is 2.60. The topological polar surface area (TPSA) is 15.3 Å². The maximum absolute atomic E-state index is 6.21. The van der Waals surface area contributed by atoms with Crippen LogP contribution in [0.25, 0.3) is 0 Å². The van der Waals surface area contributed by atoms with E-state index in [4.69, 9.17) is 11.6 Å². The fraction of sp³-hybridized carbons (Fsp3) is 0.625. The average molecular weight is 279 g/mol. The van der Waals surface area contributed by atoms with Gasteiger partial charge in [0.25, 0.3) is 0 Å². The fourth-order valence-electron chi connectivity index (χ4n) is 3.52. The van der Waals surface area contributed by atoms with Crippen molar-refractivity contribution in [2.75, 3.05) is 26.2 Å². The van der Waals surface area contributed by atoms with Crippen molar-refractivity contribution in [3.63, 3.8) is 0 Å². The van der Waals surface area contributed by atoms with Crippen LogP contribution >= 0.6 is 11.6 Å². The predicted molar refractivity (Wildman–Crippen MR) is 80.6 cm³/mol. The van der Waals surface area contributed by atoms with E-state index in [9.17, 15) is 0 Å². The quantitative estimate of drug-likeness (QED) is 0.894. The van der Waals surface area contributed by atoms with Crippen molar-refractivity contribution in [1.82, 2.24) is 10.2 Å². The van der Waals surface area contributed by atoms with Gasteiger partial charge in [-0.25, -0.2) is 0 Å². The molecule has 0 saturated carbocycles. The number of benzene rings is 1. The molecule has 0 atom stereocenters. The summed E-state index contributed by atoms with van der Waals surface area (Å²) in [5.41, 5.74) is 3.11. The number of nitrogens with zero attached hydrogens (tertiary/aromatic N) is 1. The number of nitrogens with one attached hydrogen (secondary N) is 1. The molecule has 0 unspecified atom stereocenters. The third-order valence-corrected chi connectivity index (χ3v) is 5.23. The standard InChI is InChI=1S/C16H23ClN2/c1-13-2-3-14(10-15(13)17)11-19-9-6-16(12-19)4-7-18-8-5-16/h2-3,10,18H,4-9,11-12H2,1H3. The maximum atomic E-state index is 6.21. The molecule has 0 radical (unpaired) electrons. The van der Waals surface area contributed by atoms with Gasteiger partial charge in [0, 0.05) is 18.1 Å². The van der Waals surface area contributed by atoms with Gasteiger partial charge in [-0.05, 0) is 68.4 Å². The molecular formula is C16H23ClN2. The average Bonchev–Trinajstić information content (AvgIpc) is 2.78. The van der Waals surface area contributed by atoms with Crippen LogP contribution in [0.3, 0.4) is 0 Å². The van der Waals surface area contributed by atoms with E-state index in [2.05, 4.69) is 35.3 Å². The first-order valence-electron chi connectivity index (χ1n) is 7.35. The third-order valence-electron chi connectivity index (χ3n) is 4.82. The van der Waals surface area contributed by atoms with E-state index in [-0.39, 0.29) is 0 Å². The molecule has 1 aromatic rings. The van der Waals surface area contributed by atoms with E-state index in [0.717, 1.165) is 11.6 Å². The third kappa shape index (κ3) is 2.96. The Hall–Kier alpha value is -0.570.